The van der Waals surface area contributed by atoms with Crippen LogP contribution in [0.5, 0.6) is 0 Å². The summed E-state index contributed by atoms with van der Waals surface area (Å²) in [6, 6.07) is 8.32. The Hall–Kier alpha value is -2.65. The van der Waals surface area contributed by atoms with E-state index in [9.17, 15) is 9.18 Å². The first kappa shape index (κ1) is 21.6. The molecule has 1 saturated heterocycles. The van der Waals surface area contributed by atoms with Gasteiger partial charge in [-0.05, 0) is 72.9 Å². The zero-order chi connectivity index (χ0) is 22.0. The van der Waals surface area contributed by atoms with Gasteiger partial charge in [0.1, 0.15) is 11.6 Å². The third-order valence-electron chi connectivity index (χ3n) is 5.58. The average molecular weight is 488 g/mol. The average Bonchev–Trinajstić information content (AvgIpc) is 3.27. The minimum absolute atomic E-state index is 0.0481. The summed E-state index contributed by atoms with van der Waals surface area (Å²) < 4.78 is 20.2. The van der Waals surface area contributed by atoms with E-state index in [1.165, 1.54) is 6.07 Å². The van der Waals surface area contributed by atoms with Crippen molar-refractivity contribution in [3.05, 3.63) is 58.3 Å². The second-order valence-electron chi connectivity index (χ2n) is 7.78. The maximum Gasteiger partial charge on any atom is 0.244 e. The van der Waals surface area contributed by atoms with Crippen LogP contribution in [0, 0.1) is 18.7 Å². The predicted octanol–water partition coefficient (Wildman–Crippen LogP) is 4.75. The van der Waals surface area contributed by atoms with Crippen molar-refractivity contribution in [1.29, 1.82) is 0 Å². The van der Waals surface area contributed by atoms with Gasteiger partial charge in [-0.15, -0.1) is 0 Å². The zero-order valence-electron chi connectivity index (χ0n) is 17.3. The number of benzene rings is 1. The summed E-state index contributed by atoms with van der Waals surface area (Å²) in [5.74, 6) is 0.829. The van der Waals surface area contributed by atoms with Crippen molar-refractivity contribution in [2.45, 2.75) is 32.7 Å². The van der Waals surface area contributed by atoms with Crippen molar-refractivity contribution in [3.8, 4) is 11.4 Å². The molecule has 3 heterocycles. The smallest absolute Gasteiger partial charge is 0.244 e. The quantitative estimate of drug-likeness (QED) is 0.558. The Kier molecular flexibility index (Phi) is 6.43. The largest absolute Gasteiger partial charge is 0.337 e. The number of hydrogen-bond acceptors (Lipinski definition) is 6. The number of halogens is 2. The lowest BCUT2D eigenvalue weighted by atomic mass is 9.96. The van der Waals surface area contributed by atoms with E-state index >= 15 is 0 Å². The summed E-state index contributed by atoms with van der Waals surface area (Å²) in [5, 5.41) is 6.91. The highest BCUT2D eigenvalue weighted by Gasteiger charge is 2.31. The van der Waals surface area contributed by atoms with E-state index in [2.05, 4.69) is 41.3 Å². The van der Waals surface area contributed by atoms with E-state index in [0.717, 1.165) is 23.9 Å². The van der Waals surface area contributed by atoms with Gasteiger partial charge in [0.25, 0.3) is 0 Å². The number of carbonyl (C=O) groups is 1. The molecule has 1 N–H and O–H groups in total. The molecule has 2 atom stereocenters. The lowest BCUT2D eigenvalue weighted by Crippen LogP contribution is -2.42. The fourth-order valence-corrected chi connectivity index (χ4v) is 3.90. The van der Waals surface area contributed by atoms with Crippen molar-refractivity contribution >= 4 is 27.7 Å². The van der Waals surface area contributed by atoms with Gasteiger partial charge in [0.2, 0.25) is 17.6 Å². The highest BCUT2D eigenvalue weighted by molar-refractivity contribution is 9.10. The number of nitrogens with one attached hydrogen (secondary N) is 1. The Morgan fingerprint density at radius 3 is 2.94 bits per heavy atom. The molecule has 1 aliphatic heterocycles. The molecular formula is C22H23BrFN5O2. The van der Waals surface area contributed by atoms with Crippen LogP contribution in [0.3, 0.4) is 0 Å². The van der Waals surface area contributed by atoms with Gasteiger partial charge in [0, 0.05) is 22.8 Å². The molecule has 1 fully saturated rings. The van der Waals surface area contributed by atoms with E-state index in [1.54, 1.807) is 31.3 Å². The van der Waals surface area contributed by atoms with Crippen LogP contribution in [0.4, 0.5) is 10.2 Å². The molecule has 162 valence electrons. The van der Waals surface area contributed by atoms with E-state index in [-0.39, 0.29) is 23.7 Å². The normalized spacial score (nSPS) is 18.0. The molecule has 2 aromatic heterocycles. The molecule has 1 aromatic carbocycles. The van der Waals surface area contributed by atoms with Crippen LogP contribution in [0.1, 0.15) is 37.3 Å². The standard InChI is InChI=1S/C22H23BrFN5O2/c1-13-5-6-15(10-18(13)24)20-27-22(31-28-20)14(2)29-9-3-4-16(12-29)21(30)26-19-8-7-17(23)11-25-19/h5-8,10-11,14,16H,3-4,9,12H2,1-2H3,(H,25,26,30). The third-order valence-corrected chi connectivity index (χ3v) is 6.05. The third kappa shape index (κ3) is 4.99. The van der Waals surface area contributed by atoms with Crippen molar-refractivity contribution in [2.24, 2.45) is 5.92 Å². The maximum absolute atomic E-state index is 13.9. The number of pyridine rings is 1. The summed E-state index contributed by atoms with van der Waals surface area (Å²) in [5.41, 5.74) is 1.14. The van der Waals surface area contributed by atoms with Crippen molar-refractivity contribution < 1.29 is 13.7 Å². The number of hydrogen-bond donors (Lipinski definition) is 1. The minimum atomic E-state index is -0.304. The van der Waals surface area contributed by atoms with Crippen LogP contribution in [0.25, 0.3) is 11.4 Å². The number of amides is 1. The summed E-state index contributed by atoms with van der Waals surface area (Å²) in [6.45, 7) is 5.10. The number of likely N-dealkylation sites (tertiary alicyclic amines) is 1. The number of nitrogens with zero attached hydrogens (tertiary/aromatic N) is 4. The predicted molar refractivity (Wildman–Crippen MR) is 118 cm³/mol. The molecule has 9 heteroatoms. The van der Waals surface area contributed by atoms with Crippen LogP contribution in [-0.2, 0) is 4.79 Å². The molecule has 0 bridgehead atoms. The topological polar surface area (TPSA) is 84.2 Å². The first-order valence-electron chi connectivity index (χ1n) is 10.2. The van der Waals surface area contributed by atoms with Crippen LogP contribution >= 0.6 is 15.9 Å². The summed E-state index contributed by atoms with van der Waals surface area (Å²) >= 11 is 3.34. The van der Waals surface area contributed by atoms with Crippen LogP contribution in [-0.4, -0.2) is 39.0 Å². The maximum atomic E-state index is 13.9. The molecule has 0 saturated carbocycles. The van der Waals surface area contributed by atoms with Gasteiger partial charge >= 0.3 is 0 Å². The Labute approximate surface area is 188 Å². The molecule has 4 rings (SSSR count). The highest BCUT2D eigenvalue weighted by atomic mass is 79.9. The first-order valence-corrected chi connectivity index (χ1v) is 11.0. The van der Waals surface area contributed by atoms with Gasteiger partial charge < -0.3 is 9.84 Å². The summed E-state index contributed by atoms with van der Waals surface area (Å²) in [7, 11) is 0. The molecule has 0 radical (unpaired) electrons. The van der Waals surface area contributed by atoms with Gasteiger partial charge in [0.15, 0.2) is 0 Å². The highest BCUT2D eigenvalue weighted by Crippen LogP contribution is 2.28. The SMILES string of the molecule is Cc1ccc(-c2noc(C(C)N3CCCC(C(=O)Nc4ccc(Br)cn4)C3)n2)cc1F. The summed E-state index contributed by atoms with van der Waals surface area (Å²) in [6.07, 6.45) is 3.35. The molecule has 1 aliphatic rings. The van der Waals surface area contributed by atoms with E-state index in [0.29, 0.717) is 35.2 Å². The van der Waals surface area contributed by atoms with Gasteiger partial charge in [0.05, 0.1) is 12.0 Å². The zero-order valence-corrected chi connectivity index (χ0v) is 18.9. The second-order valence-corrected chi connectivity index (χ2v) is 8.70. The van der Waals surface area contributed by atoms with Gasteiger partial charge in [-0.25, -0.2) is 9.37 Å². The van der Waals surface area contributed by atoms with E-state index < -0.39 is 0 Å². The molecule has 31 heavy (non-hydrogen) atoms. The fraction of sp³-hybridized carbons (Fsp3) is 0.364. The van der Waals surface area contributed by atoms with Crippen LogP contribution < -0.4 is 5.32 Å². The second kappa shape index (κ2) is 9.23. The Morgan fingerprint density at radius 2 is 2.19 bits per heavy atom. The number of aryl methyl sites for hydroxylation is 1. The fourth-order valence-electron chi connectivity index (χ4n) is 3.66. The number of carbonyl (C=O) groups excluding carboxylic acids is 1. The van der Waals surface area contributed by atoms with Gasteiger partial charge in [-0.3, -0.25) is 9.69 Å². The number of anilines is 1. The van der Waals surface area contributed by atoms with Crippen molar-refractivity contribution in [1.82, 2.24) is 20.0 Å². The minimum Gasteiger partial charge on any atom is -0.337 e. The first-order chi connectivity index (χ1) is 14.9. The summed E-state index contributed by atoms with van der Waals surface area (Å²) in [4.78, 5) is 23.6. The van der Waals surface area contributed by atoms with Gasteiger partial charge in [-0.2, -0.15) is 4.98 Å². The molecule has 1 amide bonds. The molecule has 3 aromatic rings. The number of piperidine rings is 1. The molecule has 0 spiro atoms. The molecule has 0 aliphatic carbocycles. The molecular weight excluding hydrogens is 465 g/mol. The van der Waals surface area contributed by atoms with Gasteiger partial charge in [-0.1, -0.05) is 17.3 Å². The van der Waals surface area contributed by atoms with Crippen LogP contribution in [0.2, 0.25) is 0 Å². The van der Waals surface area contributed by atoms with E-state index in [4.69, 9.17) is 4.52 Å². The lowest BCUT2D eigenvalue weighted by molar-refractivity contribution is -0.121. The Morgan fingerprint density at radius 1 is 1.35 bits per heavy atom. The van der Waals surface area contributed by atoms with Crippen molar-refractivity contribution in [2.75, 3.05) is 18.4 Å². The van der Waals surface area contributed by atoms with Crippen LogP contribution in [0.15, 0.2) is 45.5 Å². The Bertz CT molecular complexity index is 1070. The van der Waals surface area contributed by atoms with E-state index in [1.807, 2.05) is 13.0 Å². The number of rotatable bonds is 5. The molecule has 2 unspecified atom stereocenters. The lowest BCUT2D eigenvalue weighted by Gasteiger charge is -2.34. The van der Waals surface area contributed by atoms with Crippen molar-refractivity contribution in [3.63, 3.8) is 0 Å². The Balaban J connectivity index is 1.42. The monoisotopic (exact) mass is 487 g/mol. The number of aromatic nitrogens is 3. The molecule has 7 nitrogen and oxygen atoms in total.